The van der Waals surface area contributed by atoms with Crippen molar-refractivity contribution in [3.05, 3.63) is 17.7 Å². The van der Waals surface area contributed by atoms with E-state index in [9.17, 15) is 5.11 Å². The summed E-state index contributed by atoms with van der Waals surface area (Å²) in [4.78, 5) is 4.29. The second kappa shape index (κ2) is 3.97. The fraction of sp³-hybridized carbons (Fsp3) is 0.273. The predicted molar refractivity (Wildman–Crippen MR) is 66.4 cm³/mol. The summed E-state index contributed by atoms with van der Waals surface area (Å²) in [6, 6.07) is 2.90. The van der Waals surface area contributed by atoms with E-state index in [1.165, 1.54) is 6.07 Å². The Bertz CT molecular complexity index is 547. The van der Waals surface area contributed by atoms with Crippen LogP contribution in [0.2, 0.25) is 0 Å². The number of nitrogens with two attached hydrogens (primary N) is 1. The standard InChI is InChI=1S/C11H13N5O/c1-5-3-8(7(12)4-9(5)17)14-10-6(2)15-16-11(10)13/h3-4,6,13,17H,12H2,1-2H3. The van der Waals surface area contributed by atoms with Crippen LogP contribution in [0.15, 0.2) is 27.4 Å². The SMILES string of the molecule is Cc1cc(N=C2C(=N)N=NC2C)c(N)cc1O. The lowest BCUT2D eigenvalue weighted by Crippen LogP contribution is -2.16. The molecule has 6 nitrogen and oxygen atoms in total. The van der Waals surface area contributed by atoms with Gasteiger partial charge in [0.05, 0.1) is 11.4 Å². The van der Waals surface area contributed by atoms with Crippen LogP contribution in [0.1, 0.15) is 12.5 Å². The second-order valence-corrected chi connectivity index (χ2v) is 3.93. The molecule has 88 valence electrons. The van der Waals surface area contributed by atoms with Crippen molar-refractivity contribution in [3.63, 3.8) is 0 Å². The summed E-state index contributed by atoms with van der Waals surface area (Å²) in [5, 5.41) is 24.5. The molecule has 0 bridgehead atoms. The van der Waals surface area contributed by atoms with Crippen LogP contribution < -0.4 is 5.73 Å². The first-order chi connectivity index (χ1) is 7.99. The summed E-state index contributed by atoms with van der Waals surface area (Å²) in [6.07, 6.45) is 0. The zero-order chi connectivity index (χ0) is 12.6. The van der Waals surface area contributed by atoms with Crippen molar-refractivity contribution in [2.75, 3.05) is 5.73 Å². The summed E-state index contributed by atoms with van der Waals surface area (Å²) < 4.78 is 0. The van der Waals surface area contributed by atoms with Gasteiger partial charge >= 0.3 is 0 Å². The van der Waals surface area contributed by atoms with E-state index < -0.39 is 0 Å². The molecule has 0 saturated carbocycles. The Morgan fingerprint density at radius 3 is 2.76 bits per heavy atom. The molecule has 6 heteroatoms. The largest absolute Gasteiger partial charge is 0.508 e. The van der Waals surface area contributed by atoms with Crippen LogP contribution in [0, 0.1) is 12.3 Å². The van der Waals surface area contributed by atoms with Crippen LogP contribution in [0.5, 0.6) is 5.75 Å². The van der Waals surface area contributed by atoms with Crippen LogP contribution in [0.3, 0.4) is 0 Å². The Hall–Kier alpha value is -2.24. The van der Waals surface area contributed by atoms with E-state index in [-0.39, 0.29) is 17.6 Å². The van der Waals surface area contributed by atoms with Gasteiger partial charge in [0, 0.05) is 6.07 Å². The van der Waals surface area contributed by atoms with Gasteiger partial charge in [0.2, 0.25) is 0 Å². The zero-order valence-corrected chi connectivity index (χ0v) is 9.60. The van der Waals surface area contributed by atoms with Gasteiger partial charge in [0.1, 0.15) is 17.5 Å². The number of aromatic hydroxyl groups is 1. The average molecular weight is 231 g/mol. The number of hydrogen-bond donors (Lipinski definition) is 3. The summed E-state index contributed by atoms with van der Waals surface area (Å²) in [5.41, 5.74) is 7.83. The Kier molecular flexibility index (Phi) is 2.63. The first kappa shape index (κ1) is 11.3. The fourth-order valence-electron chi connectivity index (χ4n) is 1.52. The van der Waals surface area contributed by atoms with Crippen molar-refractivity contribution < 1.29 is 5.11 Å². The molecule has 17 heavy (non-hydrogen) atoms. The van der Waals surface area contributed by atoms with Gasteiger partial charge in [-0.25, -0.2) is 4.99 Å². The molecule has 1 aliphatic rings. The number of phenolic OH excluding ortho intramolecular Hbond substituents is 1. The third kappa shape index (κ3) is 2.01. The van der Waals surface area contributed by atoms with E-state index in [0.29, 0.717) is 22.6 Å². The molecule has 0 radical (unpaired) electrons. The highest BCUT2D eigenvalue weighted by atomic mass is 16.3. The highest BCUT2D eigenvalue weighted by Crippen LogP contribution is 2.30. The monoisotopic (exact) mass is 231 g/mol. The summed E-state index contributed by atoms with van der Waals surface area (Å²) >= 11 is 0. The fourth-order valence-corrected chi connectivity index (χ4v) is 1.52. The van der Waals surface area contributed by atoms with Gasteiger partial charge in [0.15, 0.2) is 5.84 Å². The number of phenols is 1. The molecular weight excluding hydrogens is 218 g/mol. The van der Waals surface area contributed by atoms with E-state index in [1.54, 1.807) is 13.0 Å². The van der Waals surface area contributed by atoms with Crippen molar-refractivity contribution in [2.24, 2.45) is 15.2 Å². The highest BCUT2D eigenvalue weighted by molar-refractivity contribution is 6.44. The minimum absolute atomic E-state index is 0.0580. The number of benzene rings is 1. The van der Waals surface area contributed by atoms with Crippen molar-refractivity contribution in [1.82, 2.24) is 0 Å². The lowest BCUT2D eigenvalue weighted by Gasteiger charge is -2.06. The van der Waals surface area contributed by atoms with Gasteiger partial charge < -0.3 is 10.8 Å². The Labute approximate surface area is 98.4 Å². The van der Waals surface area contributed by atoms with Crippen molar-refractivity contribution in [2.45, 2.75) is 19.9 Å². The maximum absolute atomic E-state index is 9.48. The lowest BCUT2D eigenvalue weighted by molar-refractivity contribution is 0.471. The first-order valence-corrected chi connectivity index (χ1v) is 5.16. The molecule has 1 aliphatic heterocycles. The second-order valence-electron chi connectivity index (χ2n) is 3.93. The van der Waals surface area contributed by atoms with Gasteiger partial charge in [-0.2, -0.15) is 5.11 Å². The van der Waals surface area contributed by atoms with Gasteiger partial charge in [-0.1, -0.05) is 0 Å². The lowest BCUT2D eigenvalue weighted by atomic mass is 10.1. The van der Waals surface area contributed by atoms with Crippen molar-refractivity contribution in [1.29, 1.82) is 5.41 Å². The minimum Gasteiger partial charge on any atom is -0.508 e. The highest BCUT2D eigenvalue weighted by Gasteiger charge is 2.21. The Balaban J connectivity index is 2.46. The van der Waals surface area contributed by atoms with Crippen LogP contribution in [0.25, 0.3) is 0 Å². The number of azo groups is 1. The molecule has 4 N–H and O–H groups in total. The number of hydrogen-bond acceptors (Lipinski definition) is 5. The molecular formula is C11H13N5O. The quantitative estimate of drug-likeness (QED) is 0.644. The number of nitrogens with zero attached hydrogens (tertiary/aromatic N) is 3. The van der Waals surface area contributed by atoms with Gasteiger partial charge in [-0.05, 0) is 25.5 Å². The molecule has 1 heterocycles. The number of amidine groups is 1. The van der Waals surface area contributed by atoms with E-state index >= 15 is 0 Å². The maximum Gasteiger partial charge on any atom is 0.190 e. The molecule has 0 amide bonds. The number of rotatable bonds is 1. The van der Waals surface area contributed by atoms with Gasteiger partial charge in [-0.15, -0.1) is 5.11 Å². The van der Waals surface area contributed by atoms with Crippen LogP contribution in [-0.4, -0.2) is 22.7 Å². The number of aryl methyl sites for hydroxylation is 1. The van der Waals surface area contributed by atoms with Gasteiger partial charge in [0.25, 0.3) is 0 Å². The molecule has 2 rings (SSSR count). The molecule has 0 saturated heterocycles. The number of nitrogen functional groups attached to an aromatic ring is 1. The smallest absolute Gasteiger partial charge is 0.190 e. The summed E-state index contributed by atoms with van der Waals surface area (Å²) in [7, 11) is 0. The third-order valence-electron chi connectivity index (χ3n) is 2.56. The zero-order valence-electron chi connectivity index (χ0n) is 9.60. The molecule has 1 atom stereocenters. The maximum atomic E-state index is 9.48. The topological polar surface area (TPSA) is 107 Å². The van der Waals surface area contributed by atoms with Crippen LogP contribution in [-0.2, 0) is 0 Å². The Morgan fingerprint density at radius 1 is 1.47 bits per heavy atom. The third-order valence-corrected chi connectivity index (χ3v) is 2.56. The van der Waals surface area contributed by atoms with Crippen LogP contribution in [0.4, 0.5) is 11.4 Å². The Morgan fingerprint density at radius 2 is 2.18 bits per heavy atom. The minimum atomic E-state index is -0.226. The van der Waals surface area contributed by atoms with E-state index in [0.717, 1.165) is 0 Å². The molecule has 0 aromatic heterocycles. The van der Waals surface area contributed by atoms with E-state index in [4.69, 9.17) is 11.1 Å². The van der Waals surface area contributed by atoms with Crippen molar-refractivity contribution >= 4 is 22.9 Å². The molecule has 0 fully saturated rings. The number of anilines is 1. The molecule has 1 aromatic rings. The number of aliphatic imine (C=N–C) groups is 1. The molecule has 0 aliphatic carbocycles. The predicted octanol–water partition coefficient (Wildman–Crippen LogP) is 2.19. The summed E-state index contributed by atoms with van der Waals surface area (Å²) in [5.74, 6) is 0.193. The molecule has 1 aromatic carbocycles. The normalized spacial score (nSPS) is 21.4. The first-order valence-electron chi connectivity index (χ1n) is 5.16. The van der Waals surface area contributed by atoms with E-state index in [1.807, 2.05) is 6.92 Å². The van der Waals surface area contributed by atoms with Crippen molar-refractivity contribution in [3.8, 4) is 5.75 Å². The molecule has 0 spiro atoms. The van der Waals surface area contributed by atoms with Crippen LogP contribution >= 0.6 is 0 Å². The van der Waals surface area contributed by atoms with E-state index in [2.05, 4.69) is 15.2 Å². The molecule has 1 unspecified atom stereocenters. The average Bonchev–Trinajstić information content (AvgIpc) is 2.57. The number of nitrogens with one attached hydrogen (secondary N) is 1. The van der Waals surface area contributed by atoms with Gasteiger partial charge in [-0.3, -0.25) is 5.41 Å². The summed E-state index contributed by atoms with van der Waals surface area (Å²) in [6.45, 7) is 3.57.